The smallest absolute Gasteiger partial charge is 0.347 e. The van der Waals surface area contributed by atoms with Crippen molar-refractivity contribution in [2.45, 2.75) is 39.0 Å². The van der Waals surface area contributed by atoms with Crippen LogP contribution in [0, 0.1) is 10.1 Å². The number of phenols is 1. The number of amidine groups is 1. The van der Waals surface area contributed by atoms with E-state index in [1.54, 1.807) is 6.07 Å². The molecule has 0 saturated heterocycles. The fraction of sp³-hybridized carbons (Fsp3) is 0.261. The molecule has 0 atom stereocenters. The molecule has 3 rings (SSSR count). The van der Waals surface area contributed by atoms with E-state index in [9.17, 15) is 24.8 Å². The lowest BCUT2D eigenvalue weighted by Gasteiger charge is -2.08. The van der Waals surface area contributed by atoms with E-state index in [2.05, 4.69) is 17.5 Å². The quantitative estimate of drug-likeness (QED) is 0.112. The van der Waals surface area contributed by atoms with E-state index in [1.165, 1.54) is 30.3 Å². The van der Waals surface area contributed by atoms with Gasteiger partial charge in [-0.05, 0) is 36.6 Å². The number of amides is 1. The van der Waals surface area contributed by atoms with Gasteiger partial charge in [-0.2, -0.15) is 5.10 Å². The fourth-order valence-electron chi connectivity index (χ4n) is 3.32. The van der Waals surface area contributed by atoms with E-state index in [-0.39, 0.29) is 34.0 Å². The maximum atomic E-state index is 12.4. The summed E-state index contributed by atoms with van der Waals surface area (Å²) in [5, 5.41) is 25.4. The topological polar surface area (TPSA) is 161 Å². The minimum atomic E-state index is -0.788. The summed E-state index contributed by atoms with van der Waals surface area (Å²) >= 11 is 0. The second-order valence-electron chi connectivity index (χ2n) is 7.52. The normalized spacial score (nSPS) is 11.5. The second kappa shape index (κ2) is 10.4. The highest BCUT2D eigenvalue weighted by Gasteiger charge is 2.14. The molecule has 172 valence electrons. The third kappa shape index (κ3) is 5.73. The summed E-state index contributed by atoms with van der Waals surface area (Å²) in [5.41, 5.74) is 7.91. The molecule has 0 aliphatic carbocycles. The van der Waals surface area contributed by atoms with Crippen molar-refractivity contribution in [3.05, 3.63) is 79.7 Å². The lowest BCUT2D eigenvalue weighted by molar-refractivity contribution is -0.384. The van der Waals surface area contributed by atoms with Crippen molar-refractivity contribution in [3.63, 3.8) is 0 Å². The van der Waals surface area contributed by atoms with Gasteiger partial charge in [0.1, 0.15) is 16.9 Å². The fourth-order valence-corrected chi connectivity index (χ4v) is 3.32. The molecule has 33 heavy (non-hydrogen) atoms. The Bertz CT molecular complexity index is 1280. The number of nitro groups is 1. The number of unbranched alkanes of at least 4 members (excludes halogenated alkanes) is 3. The number of nitrogens with two attached hydrogens (primary N) is 1. The van der Waals surface area contributed by atoms with Crippen LogP contribution in [-0.2, 0) is 6.42 Å². The zero-order valence-corrected chi connectivity index (χ0v) is 18.0. The molecule has 1 aromatic heterocycles. The van der Waals surface area contributed by atoms with Crippen molar-refractivity contribution in [1.29, 1.82) is 0 Å². The summed E-state index contributed by atoms with van der Waals surface area (Å²) < 4.78 is 5.26. The number of nitrogens with one attached hydrogen (secondary N) is 1. The maximum absolute atomic E-state index is 12.4. The number of phenolic OH excluding ortho intramolecular Hbond substituents is 1. The van der Waals surface area contributed by atoms with Gasteiger partial charge in [0.15, 0.2) is 5.84 Å². The Kier molecular flexibility index (Phi) is 7.39. The van der Waals surface area contributed by atoms with Gasteiger partial charge in [0.25, 0.3) is 11.6 Å². The van der Waals surface area contributed by atoms with Crippen molar-refractivity contribution in [2.24, 2.45) is 10.8 Å². The first-order valence-electron chi connectivity index (χ1n) is 10.5. The molecule has 2 aromatic carbocycles. The highest BCUT2D eigenvalue weighted by Crippen LogP contribution is 2.26. The number of nitrogens with zero attached hydrogens (tertiary/aromatic N) is 2. The van der Waals surface area contributed by atoms with Gasteiger partial charge in [-0.15, -0.1) is 0 Å². The zero-order valence-electron chi connectivity index (χ0n) is 18.0. The van der Waals surface area contributed by atoms with Gasteiger partial charge in [-0.3, -0.25) is 14.9 Å². The number of fused-ring (bicyclic) bond motifs is 1. The zero-order chi connectivity index (χ0) is 24.0. The number of aryl methyl sites for hydroxylation is 1. The summed E-state index contributed by atoms with van der Waals surface area (Å²) in [6.07, 6.45) is 4.87. The van der Waals surface area contributed by atoms with Crippen LogP contribution >= 0.6 is 0 Å². The van der Waals surface area contributed by atoms with E-state index in [0.29, 0.717) is 11.8 Å². The van der Waals surface area contributed by atoms with Crippen molar-refractivity contribution in [3.8, 4) is 5.75 Å². The van der Waals surface area contributed by atoms with Crippen LogP contribution in [0.5, 0.6) is 5.75 Å². The molecule has 0 aliphatic rings. The molecule has 10 nitrogen and oxygen atoms in total. The van der Waals surface area contributed by atoms with Crippen molar-refractivity contribution in [1.82, 2.24) is 5.43 Å². The maximum Gasteiger partial charge on any atom is 0.347 e. The number of nitro benzene ring substituents is 1. The first kappa shape index (κ1) is 23.5. The molecular weight excluding hydrogens is 428 g/mol. The van der Waals surface area contributed by atoms with E-state index in [4.69, 9.17) is 10.2 Å². The van der Waals surface area contributed by atoms with E-state index < -0.39 is 16.5 Å². The van der Waals surface area contributed by atoms with Crippen LogP contribution in [0.2, 0.25) is 0 Å². The van der Waals surface area contributed by atoms with Crippen LogP contribution in [0.3, 0.4) is 0 Å². The average molecular weight is 452 g/mol. The van der Waals surface area contributed by atoms with Crippen molar-refractivity contribution in [2.75, 3.05) is 0 Å². The first-order chi connectivity index (χ1) is 15.8. The number of hydrogen-bond acceptors (Lipinski definition) is 7. The Balaban J connectivity index is 1.83. The predicted octanol–water partition coefficient (Wildman–Crippen LogP) is 3.58. The minimum Gasteiger partial charge on any atom is -0.508 e. The molecule has 4 N–H and O–H groups in total. The van der Waals surface area contributed by atoms with Gasteiger partial charge in [0, 0.05) is 29.1 Å². The molecule has 1 heterocycles. The Morgan fingerprint density at radius 1 is 1.21 bits per heavy atom. The van der Waals surface area contributed by atoms with Gasteiger partial charge >= 0.3 is 5.63 Å². The molecule has 1 amide bonds. The summed E-state index contributed by atoms with van der Waals surface area (Å²) in [6.45, 7) is 2.12. The summed E-state index contributed by atoms with van der Waals surface area (Å²) in [4.78, 5) is 34.9. The minimum absolute atomic E-state index is 0.00878. The lowest BCUT2D eigenvalue weighted by atomic mass is 10.0. The van der Waals surface area contributed by atoms with Crippen molar-refractivity contribution < 1.29 is 19.2 Å². The number of rotatable bonds is 9. The van der Waals surface area contributed by atoms with Crippen LogP contribution in [-0.4, -0.2) is 21.8 Å². The number of non-ortho nitro benzene ring substituents is 1. The summed E-state index contributed by atoms with van der Waals surface area (Å²) in [6, 6.07) is 9.71. The van der Waals surface area contributed by atoms with Crippen LogP contribution in [0.15, 0.2) is 56.8 Å². The average Bonchev–Trinajstić information content (AvgIpc) is 2.80. The molecule has 0 bridgehead atoms. The molecule has 3 aromatic rings. The third-order valence-electron chi connectivity index (χ3n) is 5.11. The van der Waals surface area contributed by atoms with Gasteiger partial charge in [0.05, 0.1) is 4.92 Å². The van der Waals surface area contributed by atoms with Gasteiger partial charge in [-0.25, -0.2) is 10.2 Å². The Labute approximate surface area is 188 Å². The SMILES string of the molecule is CCCCCCc1cc2cc(C(N)=NNC(=O)c3cccc([N+](=O)[O-])c3)c(=O)oc2cc1O. The molecule has 0 spiro atoms. The lowest BCUT2D eigenvalue weighted by Crippen LogP contribution is -2.27. The van der Waals surface area contributed by atoms with Crippen LogP contribution in [0.25, 0.3) is 11.0 Å². The van der Waals surface area contributed by atoms with Gasteiger partial charge < -0.3 is 15.3 Å². The van der Waals surface area contributed by atoms with Gasteiger partial charge in [-0.1, -0.05) is 32.3 Å². The molecule has 0 radical (unpaired) electrons. The number of aromatic hydroxyl groups is 1. The van der Waals surface area contributed by atoms with E-state index >= 15 is 0 Å². The number of hydrazone groups is 1. The van der Waals surface area contributed by atoms with Crippen LogP contribution < -0.4 is 16.8 Å². The van der Waals surface area contributed by atoms with Crippen LogP contribution in [0.1, 0.15) is 54.1 Å². The van der Waals surface area contributed by atoms with Crippen LogP contribution in [0.4, 0.5) is 5.69 Å². The summed E-state index contributed by atoms with van der Waals surface area (Å²) in [5.74, 6) is -0.964. The number of benzene rings is 2. The molecule has 0 saturated carbocycles. The highest BCUT2D eigenvalue weighted by atomic mass is 16.6. The molecular formula is C23H24N4O6. The first-order valence-corrected chi connectivity index (χ1v) is 10.5. The Morgan fingerprint density at radius 2 is 2.00 bits per heavy atom. The molecule has 0 aliphatic heterocycles. The Morgan fingerprint density at radius 3 is 2.73 bits per heavy atom. The predicted molar refractivity (Wildman–Crippen MR) is 123 cm³/mol. The second-order valence-corrected chi connectivity index (χ2v) is 7.52. The van der Waals surface area contributed by atoms with Gasteiger partial charge in [0.2, 0.25) is 0 Å². The third-order valence-corrected chi connectivity index (χ3v) is 5.11. The number of hydrogen-bond donors (Lipinski definition) is 3. The summed E-state index contributed by atoms with van der Waals surface area (Å²) in [7, 11) is 0. The molecule has 0 unspecified atom stereocenters. The Hall–Kier alpha value is -4.21. The standard InChI is InChI=1S/C23H24N4O6/c1-2-3-4-5-7-14-10-16-12-18(23(30)33-20(16)13-19(14)28)21(24)25-26-22(29)15-8-6-9-17(11-15)27(31)32/h6,8-13,28H,2-5,7H2,1H3,(H2,24,25)(H,26,29). The number of carbonyl (C=O) groups excluding carboxylic acids is 1. The van der Waals surface area contributed by atoms with Crippen molar-refractivity contribution >= 4 is 28.4 Å². The highest BCUT2D eigenvalue weighted by molar-refractivity contribution is 6.01. The molecule has 10 heteroatoms. The van der Waals surface area contributed by atoms with E-state index in [0.717, 1.165) is 37.3 Å². The largest absolute Gasteiger partial charge is 0.508 e. The van der Waals surface area contributed by atoms with E-state index in [1.807, 2.05) is 0 Å². The monoisotopic (exact) mass is 452 g/mol. The number of carbonyl (C=O) groups is 1. The molecule has 0 fully saturated rings.